The summed E-state index contributed by atoms with van der Waals surface area (Å²) in [6.45, 7) is 5.28. The molecule has 0 spiro atoms. The largest absolute Gasteiger partial charge is 0.489 e. The highest BCUT2D eigenvalue weighted by Crippen LogP contribution is 2.37. The molecule has 1 amide bonds. The Morgan fingerprint density at radius 1 is 1.15 bits per heavy atom. The van der Waals surface area contributed by atoms with Gasteiger partial charge < -0.3 is 24.0 Å². The molecule has 0 aromatic heterocycles. The van der Waals surface area contributed by atoms with Crippen LogP contribution in [0.15, 0.2) is 18.2 Å². The minimum absolute atomic E-state index is 0.0244. The molecule has 1 heterocycles. The quantitative estimate of drug-likeness (QED) is 0.360. The van der Waals surface area contributed by atoms with Crippen molar-refractivity contribution in [2.75, 3.05) is 37.7 Å². The predicted octanol–water partition coefficient (Wildman–Crippen LogP) is 4.09. The molecule has 1 atom stereocenters. The highest BCUT2D eigenvalue weighted by atomic mass is 19.3. The number of carbonyl (C=O) groups is 2. The second-order valence-electron chi connectivity index (χ2n) is 9.06. The number of anilines is 1. The highest BCUT2D eigenvalue weighted by Gasteiger charge is 2.32. The zero-order chi connectivity index (χ0) is 24.0. The fraction of sp³-hybridized carbons (Fsp3) is 0.667. The van der Waals surface area contributed by atoms with Gasteiger partial charge in [0.25, 0.3) is 0 Å². The van der Waals surface area contributed by atoms with E-state index in [0.717, 1.165) is 24.9 Å². The van der Waals surface area contributed by atoms with Gasteiger partial charge in [-0.1, -0.05) is 13.8 Å². The molecule has 1 aromatic carbocycles. The standard InChI is InChI=1S/C24H34F2N2O5/c1-4-31-23(30)13-22(29)28-10-9-27(14-19(28)11-16(2)3)18-7-8-20(33-24(25)26)21(12-18)32-15-17-5-6-17/h7-8,12,16-17,19,24H,4-6,9-11,13-15H2,1-3H3/t19-/m0/s1. The number of nitrogens with zero attached hydrogens (tertiary/aromatic N) is 2. The fourth-order valence-electron chi connectivity index (χ4n) is 4.09. The van der Waals surface area contributed by atoms with Crippen LogP contribution in [-0.2, 0) is 14.3 Å². The van der Waals surface area contributed by atoms with Crippen LogP contribution in [0.4, 0.5) is 14.5 Å². The summed E-state index contributed by atoms with van der Waals surface area (Å²) >= 11 is 0. The van der Waals surface area contributed by atoms with Crippen molar-refractivity contribution in [3.8, 4) is 11.5 Å². The second kappa shape index (κ2) is 11.5. The van der Waals surface area contributed by atoms with Gasteiger partial charge in [0.05, 0.1) is 13.2 Å². The minimum Gasteiger partial charge on any atom is -0.489 e. The molecule has 1 aliphatic heterocycles. The predicted molar refractivity (Wildman–Crippen MR) is 120 cm³/mol. The third-order valence-electron chi connectivity index (χ3n) is 5.83. The number of amides is 1. The molecule has 1 aromatic rings. The van der Waals surface area contributed by atoms with Gasteiger partial charge in [0.15, 0.2) is 11.5 Å². The van der Waals surface area contributed by atoms with E-state index < -0.39 is 12.6 Å². The number of hydrogen-bond donors (Lipinski definition) is 0. The van der Waals surface area contributed by atoms with Gasteiger partial charge in [-0.05, 0) is 50.2 Å². The lowest BCUT2D eigenvalue weighted by Crippen LogP contribution is -2.56. The van der Waals surface area contributed by atoms with E-state index in [1.54, 1.807) is 24.0 Å². The van der Waals surface area contributed by atoms with Crippen molar-refractivity contribution in [1.29, 1.82) is 0 Å². The molecular formula is C24H34F2N2O5. The summed E-state index contributed by atoms with van der Waals surface area (Å²) in [6.07, 6.45) is 2.69. The van der Waals surface area contributed by atoms with E-state index in [0.29, 0.717) is 43.8 Å². The number of carbonyl (C=O) groups excluding carboxylic acids is 2. The molecule has 0 radical (unpaired) electrons. The second-order valence-corrected chi connectivity index (χ2v) is 9.06. The molecule has 3 rings (SSSR count). The molecule has 0 unspecified atom stereocenters. The third-order valence-corrected chi connectivity index (χ3v) is 5.83. The van der Waals surface area contributed by atoms with Gasteiger partial charge in [0, 0.05) is 37.4 Å². The van der Waals surface area contributed by atoms with Crippen molar-refractivity contribution in [3.05, 3.63) is 18.2 Å². The van der Waals surface area contributed by atoms with Gasteiger partial charge in [0.2, 0.25) is 5.91 Å². The van der Waals surface area contributed by atoms with E-state index in [4.69, 9.17) is 9.47 Å². The lowest BCUT2D eigenvalue weighted by atomic mass is 9.99. The molecule has 184 valence electrons. The highest BCUT2D eigenvalue weighted by molar-refractivity contribution is 5.94. The van der Waals surface area contributed by atoms with Gasteiger partial charge in [-0.15, -0.1) is 0 Å². The monoisotopic (exact) mass is 468 g/mol. The van der Waals surface area contributed by atoms with Crippen LogP contribution in [0.2, 0.25) is 0 Å². The Morgan fingerprint density at radius 2 is 1.91 bits per heavy atom. The summed E-state index contributed by atoms with van der Waals surface area (Å²) < 4.78 is 41.1. The lowest BCUT2D eigenvalue weighted by Gasteiger charge is -2.43. The minimum atomic E-state index is -2.93. The smallest absolute Gasteiger partial charge is 0.387 e. The zero-order valence-corrected chi connectivity index (χ0v) is 19.6. The molecule has 2 fully saturated rings. The van der Waals surface area contributed by atoms with E-state index in [9.17, 15) is 18.4 Å². The van der Waals surface area contributed by atoms with Crippen molar-refractivity contribution < 1.29 is 32.6 Å². The number of benzene rings is 1. The molecule has 7 nitrogen and oxygen atoms in total. The van der Waals surface area contributed by atoms with Crippen molar-refractivity contribution >= 4 is 17.6 Å². The molecule has 1 aliphatic carbocycles. The number of hydrogen-bond acceptors (Lipinski definition) is 6. The summed E-state index contributed by atoms with van der Waals surface area (Å²) in [7, 11) is 0. The van der Waals surface area contributed by atoms with E-state index in [-0.39, 0.29) is 30.7 Å². The Balaban J connectivity index is 1.73. The van der Waals surface area contributed by atoms with E-state index in [1.807, 2.05) is 0 Å². The number of esters is 1. The molecule has 2 aliphatic rings. The Kier molecular flexibility index (Phi) is 8.74. The van der Waals surface area contributed by atoms with E-state index >= 15 is 0 Å². The van der Waals surface area contributed by atoms with Crippen LogP contribution < -0.4 is 14.4 Å². The number of rotatable bonds is 11. The van der Waals surface area contributed by atoms with Crippen LogP contribution in [0.1, 0.15) is 46.5 Å². The van der Waals surface area contributed by atoms with E-state index in [1.165, 1.54) is 6.07 Å². The maximum Gasteiger partial charge on any atom is 0.387 e. The first-order valence-electron chi connectivity index (χ1n) is 11.7. The maximum atomic E-state index is 12.8. The summed E-state index contributed by atoms with van der Waals surface area (Å²) in [5.74, 6) is 0.412. The van der Waals surface area contributed by atoms with Crippen molar-refractivity contribution in [2.45, 2.75) is 59.1 Å². The van der Waals surface area contributed by atoms with E-state index in [2.05, 4.69) is 23.5 Å². The van der Waals surface area contributed by atoms with Crippen LogP contribution in [-0.4, -0.2) is 62.3 Å². The Bertz CT molecular complexity index is 816. The van der Waals surface area contributed by atoms with Crippen molar-refractivity contribution in [2.24, 2.45) is 11.8 Å². The van der Waals surface area contributed by atoms with Gasteiger partial charge in [-0.3, -0.25) is 9.59 Å². The third kappa shape index (κ3) is 7.47. The molecule has 33 heavy (non-hydrogen) atoms. The molecular weight excluding hydrogens is 434 g/mol. The first kappa shape index (κ1) is 25.1. The van der Waals surface area contributed by atoms with Crippen LogP contribution in [0.5, 0.6) is 11.5 Å². The lowest BCUT2D eigenvalue weighted by molar-refractivity contribution is -0.149. The van der Waals surface area contributed by atoms with Crippen molar-refractivity contribution in [3.63, 3.8) is 0 Å². The molecule has 9 heteroatoms. The summed E-state index contributed by atoms with van der Waals surface area (Å²) in [5.41, 5.74) is 0.827. The first-order valence-corrected chi connectivity index (χ1v) is 11.7. The normalized spacial score (nSPS) is 18.6. The number of halogens is 2. The number of piperazine rings is 1. The summed E-state index contributed by atoms with van der Waals surface area (Å²) in [5, 5.41) is 0. The van der Waals surface area contributed by atoms with Crippen LogP contribution in [0.3, 0.4) is 0 Å². The maximum absolute atomic E-state index is 12.8. The van der Waals surface area contributed by atoms with Crippen molar-refractivity contribution in [1.82, 2.24) is 4.90 Å². The first-order chi connectivity index (χ1) is 15.8. The van der Waals surface area contributed by atoms with Crippen LogP contribution >= 0.6 is 0 Å². The summed E-state index contributed by atoms with van der Waals surface area (Å²) in [4.78, 5) is 28.5. The Hall–Kier alpha value is -2.58. The summed E-state index contributed by atoms with van der Waals surface area (Å²) in [6, 6.07) is 4.92. The topological polar surface area (TPSA) is 68.3 Å². The molecule has 0 bridgehead atoms. The number of alkyl halides is 2. The molecule has 0 N–H and O–H groups in total. The average Bonchev–Trinajstić information content (AvgIpc) is 3.56. The van der Waals surface area contributed by atoms with Gasteiger partial charge >= 0.3 is 12.6 Å². The van der Waals surface area contributed by atoms with Gasteiger partial charge in [-0.2, -0.15) is 8.78 Å². The SMILES string of the molecule is CCOC(=O)CC(=O)N1CCN(c2ccc(OC(F)F)c(OCC3CC3)c2)C[C@@H]1CC(C)C. The van der Waals surface area contributed by atoms with Crippen LogP contribution in [0.25, 0.3) is 0 Å². The number of ether oxygens (including phenoxy) is 3. The molecule has 1 saturated carbocycles. The average molecular weight is 469 g/mol. The van der Waals surface area contributed by atoms with Crippen LogP contribution in [0, 0.1) is 11.8 Å². The van der Waals surface area contributed by atoms with Gasteiger partial charge in [0.1, 0.15) is 6.42 Å². The Morgan fingerprint density at radius 3 is 2.55 bits per heavy atom. The fourth-order valence-corrected chi connectivity index (χ4v) is 4.09. The zero-order valence-electron chi connectivity index (χ0n) is 19.6. The molecule has 1 saturated heterocycles. The van der Waals surface area contributed by atoms with Gasteiger partial charge in [-0.25, -0.2) is 0 Å². The Labute approximate surface area is 194 Å².